The zero-order valence-corrected chi connectivity index (χ0v) is 7.89. The third-order valence-corrected chi connectivity index (χ3v) is 1.74. The molecule has 0 saturated carbocycles. The molecule has 2 rings (SSSR count). The number of benzene rings is 1. The van der Waals surface area contributed by atoms with E-state index in [0.29, 0.717) is 11.0 Å². The first-order valence-electron chi connectivity index (χ1n) is 4.25. The lowest BCUT2D eigenvalue weighted by Gasteiger charge is -1.99. The van der Waals surface area contributed by atoms with Crippen LogP contribution in [0, 0.1) is 0 Å². The highest BCUT2D eigenvalue weighted by Crippen LogP contribution is 2.13. The Morgan fingerprint density at radius 3 is 2.87 bits per heavy atom. The van der Waals surface area contributed by atoms with Gasteiger partial charge in [0.1, 0.15) is 5.58 Å². The minimum absolute atomic E-state index is 0.328. The molecule has 0 saturated heterocycles. The quantitative estimate of drug-likeness (QED) is 0.652. The molecular weight excluding hydrogens is 198 g/mol. The number of nitrogens with zero attached hydrogens (tertiary/aromatic N) is 1. The first-order valence-corrected chi connectivity index (χ1v) is 4.25. The number of carbonyl (C=O) groups excluding carboxylic acids is 1. The van der Waals surface area contributed by atoms with Gasteiger partial charge >= 0.3 is 12.0 Å². The number of hydrogen-bond acceptors (Lipinski definition) is 5. The predicted molar refractivity (Wildman–Crippen MR) is 51.6 cm³/mol. The minimum atomic E-state index is -0.582. The number of para-hydroxylation sites is 1. The van der Waals surface area contributed by atoms with Crippen molar-refractivity contribution in [1.29, 1.82) is 0 Å². The van der Waals surface area contributed by atoms with Crippen LogP contribution in [0.3, 0.4) is 0 Å². The molecule has 0 atom stereocenters. The molecule has 0 aliphatic carbocycles. The van der Waals surface area contributed by atoms with Crippen molar-refractivity contribution in [3.05, 3.63) is 34.6 Å². The highest BCUT2D eigenvalue weighted by atomic mass is 16.6. The molecule has 0 bridgehead atoms. The SMILES string of the molecule is CC(=O)Oc1nc(=O)c2ccccc2o1. The topological polar surface area (TPSA) is 69.4 Å². The Balaban J connectivity index is 2.62. The molecule has 76 valence electrons. The number of aromatic nitrogens is 1. The summed E-state index contributed by atoms with van der Waals surface area (Å²) >= 11 is 0. The van der Waals surface area contributed by atoms with E-state index in [1.54, 1.807) is 24.3 Å². The smallest absolute Gasteiger partial charge is 0.405 e. The standard InChI is InChI=1S/C10H7NO4/c1-6(12)14-10-11-9(13)7-4-2-3-5-8(7)15-10/h2-5H,1H3. The number of rotatable bonds is 1. The second-order valence-electron chi connectivity index (χ2n) is 2.87. The number of fused-ring (bicyclic) bond motifs is 1. The van der Waals surface area contributed by atoms with Gasteiger partial charge in [0.25, 0.3) is 5.56 Å². The van der Waals surface area contributed by atoms with Crippen molar-refractivity contribution in [2.45, 2.75) is 6.92 Å². The second kappa shape index (κ2) is 3.53. The summed E-state index contributed by atoms with van der Waals surface area (Å²) in [6.07, 6.45) is -0.328. The van der Waals surface area contributed by atoms with Crippen LogP contribution in [0.25, 0.3) is 11.0 Å². The summed E-state index contributed by atoms with van der Waals surface area (Å²) in [7, 11) is 0. The summed E-state index contributed by atoms with van der Waals surface area (Å²) in [5.74, 6) is -0.582. The zero-order valence-electron chi connectivity index (χ0n) is 7.89. The van der Waals surface area contributed by atoms with E-state index in [1.807, 2.05) is 0 Å². The largest absolute Gasteiger partial charge is 0.410 e. The van der Waals surface area contributed by atoms with Crippen molar-refractivity contribution in [2.24, 2.45) is 0 Å². The van der Waals surface area contributed by atoms with Gasteiger partial charge in [-0.05, 0) is 12.1 Å². The van der Waals surface area contributed by atoms with E-state index < -0.39 is 11.5 Å². The highest BCUT2D eigenvalue weighted by Gasteiger charge is 2.07. The fourth-order valence-electron chi connectivity index (χ4n) is 1.16. The molecule has 1 aromatic carbocycles. The van der Waals surface area contributed by atoms with Gasteiger partial charge < -0.3 is 9.15 Å². The summed E-state index contributed by atoms with van der Waals surface area (Å²) in [5.41, 5.74) is -0.137. The van der Waals surface area contributed by atoms with Gasteiger partial charge in [-0.2, -0.15) is 0 Å². The maximum Gasteiger partial charge on any atom is 0.405 e. The van der Waals surface area contributed by atoms with E-state index in [4.69, 9.17) is 4.42 Å². The minimum Gasteiger partial charge on any atom is -0.410 e. The van der Waals surface area contributed by atoms with Gasteiger partial charge in [-0.1, -0.05) is 12.1 Å². The molecule has 0 aliphatic rings. The van der Waals surface area contributed by atoms with E-state index in [9.17, 15) is 9.59 Å². The summed E-state index contributed by atoms with van der Waals surface area (Å²) < 4.78 is 9.69. The Morgan fingerprint density at radius 1 is 1.40 bits per heavy atom. The van der Waals surface area contributed by atoms with Crippen molar-refractivity contribution in [1.82, 2.24) is 4.98 Å². The van der Waals surface area contributed by atoms with Crippen LogP contribution < -0.4 is 10.3 Å². The van der Waals surface area contributed by atoms with Crippen LogP contribution in [0.4, 0.5) is 0 Å². The van der Waals surface area contributed by atoms with E-state index in [-0.39, 0.29) is 6.08 Å². The first-order chi connectivity index (χ1) is 7.16. The summed E-state index contributed by atoms with van der Waals surface area (Å²) in [6, 6.07) is 6.60. The Bertz CT molecular complexity index is 573. The molecule has 1 aromatic heterocycles. The predicted octanol–water partition coefficient (Wildman–Crippen LogP) is 1.11. The molecule has 0 unspecified atom stereocenters. The molecule has 0 N–H and O–H groups in total. The molecule has 5 heteroatoms. The van der Waals surface area contributed by atoms with Crippen LogP contribution in [0.15, 0.2) is 33.5 Å². The monoisotopic (exact) mass is 205 g/mol. The fraction of sp³-hybridized carbons (Fsp3) is 0.100. The zero-order chi connectivity index (χ0) is 10.8. The van der Waals surface area contributed by atoms with Gasteiger partial charge in [0.15, 0.2) is 0 Å². The molecule has 5 nitrogen and oxygen atoms in total. The molecule has 0 radical (unpaired) electrons. The van der Waals surface area contributed by atoms with Gasteiger partial charge in [0, 0.05) is 6.92 Å². The van der Waals surface area contributed by atoms with Crippen LogP contribution >= 0.6 is 0 Å². The summed E-state index contributed by atoms with van der Waals surface area (Å²) in [4.78, 5) is 25.5. The summed E-state index contributed by atoms with van der Waals surface area (Å²) in [6.45, 7) is 1.21. The van der Waals surface area contributed by atoms with Gasteiger partial charge in [-0.15, -0.1) is 4.98 Å². The van der Waals surface area contributed by atoms with Gasteiger partial charge in [-0.25, -0.2) is 0 Å². The van der Waals surface area contributed by atoms with Gasteiger partial charge in [0.05, 0.1) is 5.39 Å². The Kier molecular flexibility index (Phi) is 2.21. The fourth-order valence-corrected chi connectivity index (χ4v) is 1.16. The maximum absolute atomic E-state index is 11.4. The van der Waals surface area contributed by atoms with E-state index in [0.717, 1.165) is 0 Å². The highest BCUT2D eigenvalue weighted by molar-refractivity contribution is 5.75. The van der Waals surface area contributed by atoms with Crippen LogP contribution in [0.2, 0.25) is 0 Å². The molecular formula is C10H7NO4. The van der Waals surface area contributed by atoms with Crippen LogP contribution in [-0.2, 0) is 4.79 Å². The van der Waals surface area contributed by atoms with Crippen molar-refractivity contribution >= 4 is 16.9 Å². The van der Waals surface area contributed by atoms with Crippen LogP contribution in [-0.4, -0.2) is 11.0 Å². The average molecular weight is 205 g/mol. The van der Waals surface area contributed by atoms with Gasteiger partial charge in [0.2, 0.25) is 0 Å². The molecule has 0 fully saturated rings. The Labute approximate surface area is 84.3 Å². The van der Waals surface area contributed by atoms with Crippen molar-refractivity contribution < 1.29 is 13.9 Å². The lowest BCUT2D eigenvalue weighted by Crippen LogP contribution is -2.11. The van der Waals surface area contributed by atoms with E-state index >= 15 is 0 Å². The van der Waals surface area contributed by atoms with Crippen molar-refractivity contribution in [3.63, 3.8) is 0 Å². The molecule has 15 heavy (non-hydrogen) atoms. The van der Waals surface area contributed by atoms with Crippen LogP contribution in [0.5, 0.6) is 6.08 Å². The molecule has 0 amide bonds. The number of carbonyl (C=O) groups is 1. The molecule has 0 spiro atoms. The number of hydrogen-bond donors (Lipinski definition) is 0. The van der Waals surface area contributed by atoms with Crippen molar-refractivity contribution in [2.75, 3.05) is 0 Å². The molecule has 1 heterocycles. The van der Waals surface area contributed by atoms with Crippen molar-refractivity contribution in [3.8, 4) is 6.08 Å². The average Bonchev–Trinajstić information content (AvgIpc) is 2.16. The maximum atomic E-state index is 11.4. The Hall–Kier alpha value is -2.17. The first kappa shape index (κ1) is 9.39. The third kappa shape index (κ3) is 1.85. The second-order valence-corrected chi connectivity index (χ2v) is 2.87. The molecule has 0 aliphatic heterocycles. The molecule has 2 aromatic rings. The summed E-state index contributed by atoms with van der Waals surface area (Å²) in [5, 5.41) is 0.355. The Morgan fingerprint density at radius 2 is 2.13 bits per heavy atom. The number of ether oxygens (including phenoxy) is 1. The third-order valence-electron chi connectivity index (χ3n) is 1.74. The number of esters is 1. The van der Waals surface area contributed by atoms with Crippen LogP contribution in [0.1, 0.15) is 6.92 Å². The van der Waals surface area contributed by atoms with E-state index in [1.165, 1.54) is 6.92 Å². The lowest BCUT2D eigenvalue weighted by molar-refractivity contribution is -0.133. The normalized spacial score (nSPS) is 10.2. The lowest BCUT2D eigenvalue weighted by atomic mass is 10.3. The van der Waals surface area contributed by atoms with E-state index in [2.05, 4.69) is 9.72 Å². The van der Waals surface area contributed by atoms with Gasteiger partial charge in [-0.3, -0.25) is 9.59 Å².